The molecule has 0 amide bonds. The van der Waals surface area contributed by atoms with Gasteiger partial charge in [-0.15, -0.1) is 16.1 Å². The van der Waals surface area contributed by atoms with E-state index in [0.29, 0.717) is 16.1 Å². The molecule has 2 heterocycles. The number of rotatable bonds is 5. The molecule has 3 rings (SSSR count). The third-order valence-corrected chi connectivity index (χ3v) is 7.87. The van der Waals surface area contributed by atoms with Crippen molar-refractivity contribution in [3.8, 4) is 0 Å². The highest BCUT2D eigenvalue weighted by molar-refractivity contribution is 8.00. The maximum absolute atomic E-state index is 12.9. The van der Waals surface area contributed by atoms with Gasteiger partial charge in [0.15, 0.2) is 4.90 Å². The molecule has 2 aromatic rings. The molecule has 5 nitrogen and oxygen atoms in total. The van der Waals surface area contributed by atoms with Crippen LogP contribution in [0.15, 0.2) is 46.3 Å². The molecule has 0 radical (unpaired) electrons. The summed E-state index contributed by atoms with van der Waals surface area (Å²) in [6, 6.07) is 5.86. The van der Waals surface area contributed by atoms with Gasteiger partial charge in [0.2, 0.25) is 0 Å². The van der Waals surface area contributed by atoms with Crippen molar-refractivity contribution in [2.45, 2.75) is 26.8 Å². The number of aliphatic hydroxyl groups excluding tert-OH is 1. The largest absolute Gasteiger partial charge is 0.593 e. The van der Waals surface area contributed by atoms with Gasteiger partial charge in [0.05, 0.1) is 46.9 Å². The number of benzene rings is 1. The SMILES string of the molecule is [O-][S+](c1ccc(C(F)(F)F)cc1Cl)N1C[C@H](Sc2ccc(Cl)nc2)C(O)(CO)C1. The number of hydrogen-bond acceptors (Lipinski definition) is 6. The number of thioether (sulfide) groups is 1. The molecule has 1 aromatic carbocycles. The number of alkyl halides is 3. The maximum Gasteiger partial charge on any atom is 0.416 e. The van der Waals surface area contributed by atoms with E-state index in [1.165, 1.54) is 22.3 Å². The molecule has 1 aliphatic rings. The summed E-state index contributed by atoms with van der Waals surface area (Å²) in [5.74, 6) is 0. The molecule has 0 bridgehead atoms. The average Bonchev–Trinajstić information content (AvgIpc) is 2.99. The van der Waals surface area contributed by atoms with Gasteiger partial charge in [0.25, 0.3) is 0 Å². The van der Waals surface area contributed by atoms with Gasteiger partial charge in [-0.05, 0) is 30.3 Å². The normalized spacial score (nSPS) is 24.1. The Morgan fingerprint density at radius 3 is 2.59 bits per heavy atom. The van der Waals surface area contributed by atoms with E-state index in [1.54, 1.807) is 12.1 Å². The van der Waals surface area contributed by atoms with Crippen molar-refractivity contribution in [3.05, 3.63) is 52.3 Å². The number of halogens is 5. The van der Waals surface area contributed by atoms with E-state index in [2.05, 4.69) is 4.98 Å². The molecule has 29 heavy (non-hydrogen) atoms. The van der Waals surface area contributed by atoms with Crippen molar-refractivity contribution in [1.29, 1.82) is 0 Å². The molecule has 2 unspecified atom stereocenters. The van der Waals surface area contributed by atoms with Gasteiger partial charge in [-0.1, -0.05) is 23.2 Å². The van der Waals surface area contributed by atoms with Gasteiger partial charge in [0.1, 0.15) is 10.8 Å². The van der Waals surface area contributed by atoms with Crippen LogP contribution in [0.3, 0.4) is 0 Å². The standard InChI is InChI=1S/C17H15Cl2F3N2O3S2/c18-12-5-10(17(20,21)22)1-3-13(12)29(27)24-7-14(16(26,8-24)9-25)28-11-2-4-15(19)23-6-11/h1-6,14,25-26H,7-9H2/t14-,16?,29?/m0/s1. The summed E-state index contributed by atoms with van der Waals surface area (Å²) in [4.78, 5) is 4.64. The monoisotopic (exact) mass is 486 g/mol. The van der Waals surface area contributed by atoms with Crippen LogP contribution >= 0.6 is 35.0 Å². The fourth-order valence-corrected chi connectivity index (χ4v) is 5.92. The number of hydrogen-bond donors (Lipinski definition) is 2. The first kappa shape index (κ1) is 23.0. The van der Waals surface area contributed by atoms with Crippen molar-refractivity contribution in [2.75, 3.05) is 19.7 Å². The van der Waals surface area contributed by atoms with E-state index in [9.17, 15) is 27.9 Å². The third kappa shape index (κ3) is 5.13. The minimum absolute atomic E-state index is 0.00114. The van der Waals surface area contributed by atoms with E-state index in [-0.39, 0.29) is 23.0 Å². The molecule has 0 aliphatic carbocycles. The molecule has 3 atom stereocenters. The highest BCUT2D eigenvalue weighted by Gasteiger charge is 2.50. The lowest BCUT2D eigenvalue weighted by molar-refractivity contribution is -0.137. The smallest absolute Gasteiger partial charge is 0.416 e. The van der Waals surface area contributed by atoms with Crippen molar-refractivity contribution >= 4 is 46.3 Å². The van der Waals surface area contributed by atoms with Gasteiger partial charge >= 0.3 is 6.18 Å². The van der Waals surface area contributed by atoms with Crippen LogP contribution < -0.4 is 0 Å². The van der Waals surface area contributed by atoms with E-state index in [4.69, 9.17) is 23.2 Å². The number of nitrogens with zero attached hydrogens (tertiary/aromatic N) is 2. The summed E-state index contributed by atoms with van der Waals surface area (Å²) in [7, 11) is 0. The zero-order valence-corrected chi connectivity index (χ0v) is 17.7. The molecule has 1 saturated heterocycles. The summed E-state index contributed by atoms with van der Waals surface area (Å²) in [6.07, 6.45) is -3.06. The zero-order valence-electron chi connectivity index (χ0n) is 14.6. The quantitative estimate of drug-likeness (QED) is 0.496. The van der Waals surface area contributed by atoms with Crippen LogP contribution in [0, 0.1) is 0 Å². The van der Waals surface area contributed by atoms with Gasteiger partial charge in [-0.2, -0.15) is 13.2 Å². The predicted molar refractivity (Wildman–Crippen MR) is 105 cm³/mol. The molecule has 158 valence electrons. The highest BCUT2D eigenvalue weighted by atomic mass is 35.5. The van der Waals surface area contributed by atoms with Crippen LogP contribution in [0.1, 0.15) is 5.56 Å². The van der Waals surface area contributed by atoms with Crippen LogP contribution in [0.4, 0.5) is 13.2 Å². The van der Waals surface area contributed by atoms with Crippen LogP contribution in [0.2, 0.25) is 10.2 Å². The molecular weight excluding hydrogens is 472 g/mol. The molecule has 1 fully saturated rings. The fourth-order valence-electron chi connectivity index (χ4n) is 2.81. The van der Waals surface area contributed by atoms with E-state index >= 15 is 0 Å². The zero-order chi connectivity index (χ0) is 21.4. The van der Waals surface area contributed by atoms with Crippen LogP contribution in [-0.4, -0.2) is 54.6 Å². The Hall–Kier alpha value is -0.720. The highest BCUT2D eigenvalue weighted by Crippen LogP contribution is 2.40. The lowest BCUT2D eigenvalue weighted by Crippen LogP contribution is -2.44. The molecule has 1 aromatic heterocycles. The predicted octanol–water partition coefficient (Wildman–Crippen LogP) is 3.63. The summed E-state index contributed by atoms with van der Waals surface area (Å²) < 4.78 is 52.7. The number of pyridine rings is 1. The lowest BCUT2D eigenvalue weighted by Gasteiger charge is -2.25. The lowest BCUT2D eigenvalue weighted by atomic mass is 10.1. The molecule has 12 heteroatoms. The minimum atomic E-state index is -4.57. The first-order chi connectivity index (χ1) is 13.5. The number of aliphatic hydroxyl groups is 2. The number of β-amino-alcohol motifs (C(OH)–C–C–N with tert-alkyl or cyclic N) is 1. The van der Waals surface area contributed by atoms with E-state index in [1.807, 2.05) is 0 Å². The van der Waals surface area contributed by atoms with Crippen molar-refractivity contribution in [3.63, 3.8) is 0 Å². The first-order valence-electron chi connectivity index (χ1n) is 8.18. The molecule has 0 saturated carbocycles. The Kier molecular flexibility index (Phi) is 6.96. The summed E-state index contributed by atoms with van der Waals surface area (Å²) >= 11 is 11.0. The van der Waals surface area contributed by atoms with Gasteiger partial charge in [-0.3, -0.25) is 0 Å². The third-order valence-electron chi connectivity index (χ3n) is 4.35. The second kappa shape index (κ2) is 8.80. The van der Waals surface area contributed by atoms with Gasteiger partial charge in [0, 0.05) is 11.1 Å². The average molecular weight is 487 g/mol. The van der Waals surface area contributed by atoms with Crippen molar-refractivity contribution < 1.29 is 27.9 Å². The van der Waals surface area contributed by atoms with Crippen molar-refractivity contribution in [2.24, 2.45) is 0 Å². The molecular formula is C17H15Cl2F3N2O3S2. The summed E-state index contributed by atoms with van der Waals surface area (Å²) in [5.41, 5.74) is -2.52. The van der Waals surface area contributed by atoms with E-state index < -0.39 is 40.6 Å². The first-order valence-corrected chi connectivity index (χ1v) is 10.9. The van der Waals surface area contributed by atoms with Crippen LogP contribution in [-0.2, 0) is 17.5 Å². The second-order valence-electron chi connectivity index (χ2n) is 6.40. The molecule has 0 spiro atoms. The van der Waals surface area contributed by atoms with Gasteiger partial charge < -0.3 is 14.8 Å². The van der Waals surface area contributed by atoms with Crippen molar-refractivity contribution in [1.82, 2.24) is 9.29 Å². The Labute approximate surface area is 182 Å². The topological polar surface area (TPSA) is 79.7 Å². The Balaban J connectivity index is 1.80. The Bertz CT molecular complexity index is 876. The van der Waals surface area contributed by atoms with E-state index in [0.717, 1.165) is 12.1 Å². The molecule has 1 aliphatic heterocycles. The maximum atomic E-state index is 12.9. The molecule has 2 N–H and O–H groups in total. The Morgan fingerprint density at radius 2 is 2.03 bits per heavy atom. The minimum Gasteiger partial charge on any atom is -0.593 e. The number of aromatic nitrogens is 1. The Morgan fingerprint density at radius 1 is 1.31 bits per heavy atom. The summed E-state index contributed by atoms with van der Waals surface area (Å²) in [5, 5.41) is 19.9. The van der Waals surface area contributed by atoms with Crippen LogP contribution in [0.5, 0.6) is 0 Å². The van der Waals surface area contributed by atoms with Crippen LogP contribution in [0.25, 0.3) is 0 Å². The second-order valence-corrected chi connectivity index (χ2v) is 9.92. The fraction of sp³-hybridized carbons (Fsp3) is 0.353. The summed E-state index contributed by atoms with van der Waals surface area (Å²) in [6.45, 7) is -0.624. The van der Waals surface area contributed by atoms with Gasteiger partial charge in [-0.25, -0.2) is 4.98 Å².